The van der Waals surface area contributed by atoms with E-state index in [4.69, 9.17) is 9.15 Å². The summed E-state index contributed by atoms with van der Waals surface area (Å²) in [6.07, 6.45) is 5.20. The molecule has 0 fully saturated rings. The molecule has 10 heteroatoms. The number of pyridine rings is 2. The number of H-pyrrole nitrogens is 1. The van der Waals surface area contributed by atoms with E-state index in [9.17, 15) is 4.79 Å². The van der Waals surface area contributed by atoms with E-state index in [0.29, 0.717) is 36.8 Å². The quantitative estimate of drug-likeness (QED) is 0.249. The zero-order chi connectivity index (χ0) is 29.1. The Morgan fingerprint density at radius 2 is 1.81 bits per heavy atom. The lowest BCUT2D eigenvalue weighted by Crippen LogP contribution is -2.35. The summed E-state index contributed by atoms with van der Waals surface area (Å²) in [5.41, 5.74) is 5.28. The molecule has 10 nitrogen and oxygen atoms in total. The molecule has 1 atom stereocenters. The van der Waals surface area contributed by atoms with Crippen molar-refractivity contribution in [1.82, 2.24) is 35.1 Å². The van der Waals surface area contributed by atoms with Gasteiger partial charge in [-0.3, -0.25) is 14.7 Å². The lowest BCUT2D eigenvalue weighted by Gasteiger charge is -2.31. The van der Waals surface area contributed by atoms with Crippen LogP contribution in [0.3, 0.4) is 0 Å². The Bertz CT molecular complexity index is 1850. The van der Waals surface area contributed by atoms with E-state index >= 15 is 0 Å². The number of aromatic amines is 1. The fraction of sp³-hybridized carbons (Fsp3) is 0.219. The van der Waals surface area contributed by atoms with Gasteiger partial charge in [0.1, 0.15) is 24.1 Å². The van der Waals surface area contributed by atoms with Gasteiger partial charge in [0.2, 0.25) is 0 Å². The fourth-order valence-electron chi connectivity index (χ4n) is 5.29. The molecular formula is C32H31N7O3. The van der Waals surface area contributed by atoms with Crippen LogP contribution in [-0.4, -0.2) is 42.2 Å². The van der Waals surface area contributed by atoms with Gasteiger partial charge >= 0.3 is 0 Å². The third-order valence-corrected chi connectivity index (χ3v) is 7.48. The van der Waals surface area contributed by atoms with Gasteiger partial charge in [0.05, 0.1) is 18.9 Å². The fourth-order valence-corrected chi connectivity index (χ4v) is 5.29. The summed E-state index contributed by atoms with van der Waals surface area (Å²) in [6.45, 7) is 5.35. The van der Waals surface area contributed by atoms with Crippen molar-refractivity contribution in [1.29, 1.82) is 0 Å². The van der Waals surface area contributed by atoms with Crippen LogP contribution in [0.15, 0.2) is 94.6 Å². The number of benzene rings is 2. The number of methoxy groups -OCH3 is 1. The topological polar surface area (TPSA) is 115 Å². The Balaban J connectivity index is 1.54. The minimum atomic E-state index is -0.606. The van der Waals surface area contributed by atoms with E-state index in [1.807, 2.05) is 80.7 Å². The van der Waals surface area contributed by atoms with Crippen LogP contribution < -0.4 is 10.3 Å². The molecule has 0 spiro atoms. The molecule has 6 aromatic rings. The molecule has 42 heavy (non-hydrogen) atoms. The molecule has 0 saturated heterocycles. The molecule has 0 aliphatic carbocycles. The lowest BCUT2D eigenvalue weighted by molar-refractivity contribution is 0.193. The summed E-state index contributed by atoms with van der Waals surface area (Å²) < 4.78 is 12.7. The summed E-state index contributed by atoms with van der Waals surface area (Å²) in [5, 5.41) is 13.8. The van der Waals surface area contributed by atoms with E-state index in [0.717, 1.165) is 38.9 Å². The largest absolute Gasteiger partial charge is 0.497 e. The monoisotopic (exact) mass is 561 g/mol. The van der Waals surface area contributed by atoms with Crippen molar-refractivity contribution < 1.29 is 9.15 Å². The van der Waals surface area contributed by atoms with Gasteiger partial charge in [-0.05, 0) is 82.9 Å². The highest BCUT2D eigenvalue weighted by atomic mass is 16.5. The van der Waals surface area contributed by atoms with Crippen molar-refractivity contribution in [3.63, 3.8) is 0 Å². The minimum absolute atomic E-state index is 0.195. The second kappa shape index (κ2) is 11.8. The molecule has 212 valence electrons. The van der Waals surface area contributed by atoms with E-state index in [1.165, 1.54) is 0 Å². The number of furan rings is 1. The maximum absolute atomic E-state index is 13.9. The number of hydrogen-bond donors (Lipinski definition) is 1. The summed E-state index contributed by atoms with van der Waals surface area (Å²) in [7, 11) is 1.65. The van der Waals surface area contributed by atoms with E-state index < -0.39 is 6.04 Å². The highest BCUT2D eigenvalue weighted by Gasteiger charge is 2.31. The van der Waals surface area contributed by atoms with Crippen LogP contribution in [0.1, 0.15) is 45.4 Å². The number of tetrazole rings is 1. The third kappa shape index (κ3) is 5.57. The smallest absolute Gasteiger partial charge is 0.253 e. The van der Waals surface area contributed by atoms with Gasteiger partial charge in [0, 0.05) is 36.4 Å². The van der Waals surface area contributed by atoms with Crippen LogP contribution in [0, 0.1) is 13.8 Å². The summed E-state index contributed by atoms with van der Waals surface area (Å²) in [4.78, 5) is 23.7. The molecule has 0 aliphatic heterocycles. The van der Waals surface area contributed by atoms with Crippen molar-refractivity contribution >= 4 is 10.9 Å². The summed E-state index contributed by atoms with van der Waals surface area (Å²) in [6, 6.07) is 21.0. The van der Waals surface area contributed by atoms with E-state index in [2.05, 4.69) is 36.5 Å². The summed E-state index contributed by atoms with van der Waals surface area (Å²) in [5.74, 6) is 2.00. The van der Waals surface area contributed by atoms with Gasteiger partial charge in [-0.2, -0.15) is 0 Å². The number of aromatic nitrogens is 6. The van der Waals surface area contributed by atoms with Crippen LogP contribution >= 0.6 is 0 Å². The zero-order valence-electron chi connectivity index (χ0n) is 23.7. The number of fused-ring (bicyclic) bond motifs is 1. The zero-order valence-corrected chi connectivity index (χ0v) is 23.7. The second-order valence-electron chi connectivity index (χ2n) is 10.3. The average molecular weight is 562 g/mol. The molecule has 0 saturated carbocycles. The van der Waals surface area contributed by atoms with E-state index in [1.54, 1.807) is 24.3 Å². The highest BCUT2D eigenvalue weighted by molar-refractivity contribution is 5.85. The Morgan fingerprint density at radius 1 is 1.00 bits per heavy atom. The molecule has 2 aromatic carbocycles. The highest BCUT2D eigenvalue weighted by Crippen LogP contribution is 2.31. The first-order valence-corrected chi connectivity index (χ1v) is 13.7. The predicted molar refractivity (Wildman–Crippen MR) is 158 cm³/mol. The van der Waals surface area contributed by atoms with Crippen LogP contribution in [0.5, 0.6) is 5.75 Å². The summed E-state index contributed by atoms with van der Waals surface area (Å²) >= 11 is 0. The van der Waals surface area contributed by atoms with Gasteiger partial charge in [0.25, 0.3) is 5.56 Å². The molecule has 0 radical (unpaired) electrons. The van der Waals surface area contributed by atoms with Gasteiger partial charge in [-0.15, -0.1) is 5.10 Å². The Morgan fingerprint density at radius 3 is 2.55 bits per heavy atom. The molecule has 0 aliphatic rings. The number of hydrogen-bond acceptors (Lipinski definition) is 8. The maximum Gasteiger partial charge on any atom is 0.253 e. The first-order chi connectivity index (χ1) is 20.5. The number of nitrogens with zero attached hydrogens (tertiary/aromatic N) is 6. The normalized spacial score (nSPS) is 12.2. The molecule has 1 N–H and O–H groups in total. The van der Waals surface area contributed by atoms with Crippen molar-refractivity contribution in [3.8, 4) is 5.75 Å². The number of aryl methyl sites for hydroxylation is 2. The van der Waals surface area contributed by atoms with Crippen LogP contribution in [0.25, 0.3) is 10.9 Å². The third-order valence-electron chi connectivity index (χ3n) is 7.48. The molecule has 6 rings (SSSR count). The van der Waals surface area contributed by atoms with Crippen LogP contribution in [-0.2, 0) is 19.6 Å². The predicted octanol–water partition coefficient (Wildman–Crippen LogP) is 4.97. The molecule has 0 amide bonds. The SMILES string of the molecule is COc1ccc(CN(Cc2cccnc2)C(c2cc3c(C)ccc(C)c3[nH]c2=O)c2nnnn2Cc2ccco2)cc1. The molecular weight excluding hydrogens is 530 g/mol. The van der Waals surface area contributed by atoms with Crippen LogP contribution in [0.2, 0.25) is 0 Å². The van der Waals surface area contributed by atoms with Gasteiger partial charge in [0.15, 0.2) is 5.82 Å². The minimum Gasteiger partial charge on any atom is -0.497 e. The Kier molecular flexibility index (Phi) is 7.61. The lowest BCUT2D eigenvalue weighted by atomic mass is 9.98. The van der Waals surface area contributed by atoms with Gasteiger partial charge < -0.3 is 14.1 Å². The second-order valence-corrected chi connectivity index (χ2v) is 10.3. The first-order valence-electron chi connectivity index (χ1n) is 13.7. The standard InChI is InChI=1S/C32H31N7O3/c1-21-8-9-22(2)29-27(21)16-28(32(40)34-29)30(31-35-36-37-39(31)20-26-7-5-15-42-26)38(19-24-6-4-14-33-17-24)18-23-10-12-25(41-3)13-11-23/h4-17,30H,18-20H2,1-3H3,(H,34,40). The van der Waals surface area contributed by atoms with Crippen molar-refractivity contribution in [2.45, 2.75) is 39.5 Å². The number of nitrogens with one attached hydrogen (secondary N) is 1. The maximum atomic E-state index is 13.9. The first kappa shape index (κ1) is 27.1. The number of rotatable bonds is 10. The van der Waals surface area contributed by atoms with Crippen molar-refractivity contribution in [3.05, 3.63) is 135 Å². The molecule has 0 bridgehead atoms. The molecule has 1 unspecified atom stereocenters. The molecule has 4 aromatic heterocycles. The van der Waals surface area contributed by atoms with Crippen molar-refractivity contribution in [2.24, 2.45) is 0 Å². The van der Waals surface area contributed by atoms with Crippen molar-refractivity contribution in [2.75, 3.05) is 7.11 Å². The Hall–Kier alpha value is -5.09. The van der Waals surface area contributed by atoms with Crippen LogP contribution in [0.4, 0.5) is 0 Å². The molecule has 4 heterocycles. The van der Waals surface area contributed by atoms with Gasteiger partial charge in [-0.25, -0.2) is 4.68 Å². The Labute approximate surface area is 242 Å². The van der Waals surface area contributed by atoms with E-state index in [-0.39, 0.29) is 5.56 Å². The number of ether oxygens (including phenoxy) is 1. The average Bonchev–Trinajstić information content (AvgIpc) is 3.69. The van der Waals surface area contributed by atoms with Gasteiger partial charge in [-0.1, -0.05) is 30.3 Å².